The molecular formula is C7H16N2O. The Hall–Kier alpha value is -0.120. The second-order valence-corrected chi connectivity index (χ2v) is 2.93. The van der Waals surface area contributed by atoms with E-state index in [1.807, 2.05) is 0 Å². The van der Waals surface area contributed by atoms with Gasteiger partial charge in [0.2, 0.25) is 0 Å². The van der Waals surface area contributed by atoms with E-state index in [-0.39, 0.29) is 6.10 Å². The fourth-order valence-electron chi connectivity index (χ4n) is 0.998. The van der Waals surface area contributed by atoms with Crippen molar-refractivity contribution >= 4 is 0 Å². The van der Waals surface area contributed by atoms with Gasteiger partial charge in [-0.25, -0.2) is 0 Å². The van der Waals surface area contributed by atoms with Gasteiger partial charge in [0.15, 0.2) is 0 Å². The van der Waals surface area contributed by atoms with Gasteiger partial charge in [0.1, 0.15) is 0 Å². The number of aliphatic hydroxyl groups excluding tert-OH is 1. The summed E-state index contributed by atoms with van der Waals surface area (Å²) in [7, 11) is 0. The number of hydrogen-bond donors (Lipinski definition) is 3. The van der Waals surface area contributed by atoms with Crippen LogP contribution in [0.25, 0.3) is 0 Å². The highest BCUT2D eigenvalue weighted by Crippen LogP contribution is 2.17. The lowest BCUT2D eigenvalue weighted by Gasteiger charge is -2.27. The summed E-state index contributed by atoms with van der Waals surface area (Å²) in [5.74, 6) is 0. The largest absolute Gasteiger partial charge is 0.390 e. The third-order valence-corrected chi connectivity index (χ3v) is 2.02. The van der Waals surface area contributed by atoms with Crippen LogP contribution in [0.5, 0.6) is 0 Å². The number of rotatable bonds is 4. The van der Waals surface area contributed by atoms with E-state index in [1.54, 1.807) is 0 Å². The minimum atomic E-state index is -0.361. The van der Waals surface area contributed by atoms with Crippen LogP contribution in [0.15, 0.2) is 0 Å². The van der Waals surface area contributed by atoms with Crippen LogP contribution in [-0.4, -0.2) is 30.3 Å². The van der Waals surface area contributed by atoms with E-state index in [4.69, 9.17) is 10.8 Å². The van der Waals surface area contributed by atoms with Gasteiger partial charge in [-0.15, -0.1) is 0 Å². The highest BCUT2D eigenvalue weighted by atomic mass is 16.3. The first-order chi connectivity index (χ1) is 4.83. The lowest BCUT2D eigenvalue weighted by atomic mass is 9.93. The predicted octanol–water partition coefficient (Wildman–Crippen LogP) is -0.552. The maximum Gasteiger partial charge on any atom is 0.0786 e. The smallest absolute Gasteiger partial charge is 0.0786 e. The van der Waals surface area contributed by atoms with Crippen molar-refractivity contribution in [2.24, 2.45) is 5.73 Å². The molecule has 0 saturated heterocycles. The molecule has 1 saturated carbocycles. The zero-order valence-electron chi connectivity index (χ0n) is 6.21. The summed E-state index contributed by atoms with van der Waals surface area (Å²) >= 11 is 0. The lowest BCUT2D eigenvalue weighted by Crippen LogP contribution is -2.41. The zero-order chi connectivity index (χ0) is 7.40. The third-order valence-electron chi connectivity index (χ3n) is 2.02. The molecule has 0 aromatic carbocycles. The molecule has 0 amide bonds. The molecule has 0 spiro atoms. The van der Waals surface area contributed by atoms with E-state index < -0.39 is 0 Å². The number of hydrogen-bond acceptors (Lipinski definition) is 3. The van der Waals surface area contributed by atoms with Crippen LogP contribution in [0.4, 0.5) is 0 Å². The van der Waals surface area contributed by atoms with Gasteiger partial charge in [-0.1, -0.05) is 6.42 Å². The van der Waals surface area contributed by atoms with Gasteiger partial charge in [0, 0.05) is 19.1 Å². The molecule has 1 aliphatic carbocycles. The van der Waals surface area contributed by atoms with Crippen molar-refractivity contribution in [3.8, 4) is 0 Å². The average molecular weight is 144 g/mol. The van der Waals surface area contributed by atoms with Crippen LogP contribution in [-0.2, 0) is 0 Å². The van der Waals surface area contributed by atoms with Crippen molar-refractivity contribution in [1.82, 2.24) is 5.32 Å². The fourth-order valence-corrected chi connectivity index (χ4v) is 0.998. The second kappa shape index (κ2) is 3.91. The molecule has 1 aliphatic rings. The summed E-state index contributed by atoms with van der Waals surface area (Å²) < 4.78 is 0. The summed E-state index contributed by atoms with van der Waals surface area (Å²) in [4.78, 5) is 0. The van der Waals surface area contributed by atoms with Crippen LogP contribution in [0.3, 0.4) is 0 Å². The Morgan fingerprint density at radius 3 is 2.70 bits per heavy atom. The Labute approximate surface area is 61.6 Å². The maximum absolute atomic E-state index is 9.04. The van der Waals surface area contributed by atoms with E-state index in [0.717, 1.165) is 0 Å². The first kappa shape index (κ1) is 7.98. The highest BCUT2D eigenvalue weighted by molar-refractivity contribution is 4.77. The molecule has 1 atom stereocenters. The van der Waals surface area contributed by atoms with Gasteiger partial charge >= 0.3 is 0 Å². The van der Waals surface area contributed by atoms with Crippen molar-refractivity contribution in [3.05, 3.63) is 0 Å². The van der Waals surface area contributed by atoms with Crippen LogP contribution in [0, 0.1) is 0 Å². The summed E-state index contributed by atoms with van der Waals surface area (Å²) in [6.45, 7) is 1.01. The van der Waals surface area contributed by atoms with Crippen molar-refractivity contribution < 1.29 is 5.11 Å². The topological polar surface area (TPSA) is 58.3 Å². The highest BCUT2D eigenvalue weighted by Gasteiger charge is 2.16. The standard InChI is InChI=1S/C7H16N2O/c8-4-7(10)5-9-6-2-1-3-6/h6-7,9-10H,1-5,8H2. The Morgan fingerprint density at radius 1 is 1.60 bits per heavy atom. The van der Waals surface area contributed by atoms with Gasteiger partial charge in [0.25, 0.3) is 0 Å². The van der Waals surface area contributed by atoms with E-state index >= 15 is 0 Å². The predicted molar refractivity (Wildman–Crippen MR) is 40.7 cm³/mol. The average Bonchev–Trinajstić information content (AvgIpc) is 1.84. The molecule has 10 heavy (non-hydrogen) atoms. The fraction of sp³-hybridized carbons (Fsp3) is 1.00. The molecule has 60 valence electrons. The van der Waals surface area contributed by atoms with Gasteiger partial charge in [-0.2, -0.15) is 0 Å². The van der Waals surface area contributed by atoms with E-state index in [2.05, 4.69) is 5.32 Å². The Bertz CT molecular complexity index is 88.9. The molecule has 4 N–H and O–H groups in total. The normalized spacial score (nSPS) is 22.2. The molecule has 0 aromatic rings. The van der Waals surface area contributed by atoms with Crippen molar-refractivity contribution in [2.45, 2.75) is 31.4 Å². The molecule has 0 radical (unpaired) electrons. The molecule has 3 nitrogen and oxygen atoms in total. The van der Waals surface area contributed by atoms with E-state index in [9.17, 15) is 0 Å². The minimum Gasteiger partial charge on any atom is -0.390 e. The van der Waals surface area contributed by atoms with Crippen molar-refractivity contribution in [2.75, 3.05) is 13.1 Å². The quantitative estimate of drug-likeness (QED) is 0.496. The first-order valence-corrected chi connectivity index (χ1v) is 3.94. The number of nitrogens with two attached hydrogens (primary N) is 1. The van der Waals surface area contributed by atoms with Crippen LogP contribution in [0.1, 0.15) is 19.3 Å². The number of nitrogens with one attached hydrogen (secondary N) is 1. The van der Waals surface area contributed by atoms with Gasteiger partial charge in [0.05, 0.1) is 6.10 Å². The molecule has 3 heteroatoms. The Kier molecular flexibility index (Phi) is 3.12. The molecule has 0 bridgehead atoms. The van der Waals surface area contributed by atoms with E-state index in [1.165, 1.54) is 19.3 Å². The number of aliphatic hydroxyl groups is 1. The molecule has 0 heterocycles. The van der Waals surface area contributed by atoms with Crippen molar-refractivity contribution in [1.29, 1.82) is 0 Å². The van der Waals surface area contributed by atoms with Gasteiger partial charge in [-0.05, 0) is 12.8 Å². The molecule has 1 unspecified atom stereocenters. The summed E-state index contributed by atoms with van der Waals surface area (Å²) in [5.41, 5.74) is 5.23. The van der Waals surface area contributed by atoms with Crippen LogP contribution in [0.2, 0.25) is 0 Å². The van der Waals surface area contributed by atoms with Gasteiger partial charge in [-0.3, -0.25) is 0 Å². The molecule has 0 aliphatic heterocycles. The van der Waals surface area contributed by atoms with Crippen molar-refractivity contribution in [3.63, 3.8) is 0 Å². The summed E-state index contributed by atoms with van der Waals surface area (Å²) in [5, 5.41) is 12.3. The SMILES string of the molecule is NCC(O)CNC1CCC1. The molecule has 0 aromatic heterocycles. The Morgan fingerprint density at radius 2 is 2.30 bits per heavy atom. The minimum absolute atomic E-state index is 0.361. The van der Waals surface area contributed by atoms with Crippen LogP contribution >= 0.6 is 0 Å². The van der Waals surface area contributed by atoms with Crippen LogP contribution < -0.4 is 11.1 Å². The van der Waals surface area contributed by atoms with E-state index in [0.29, 0.717) is 19.1 Å². The maximum atomic E-state index is 9.04. The lowest BCUT2D eigenvalue weighted by molar-refractivity contribution is 0.166. The first-order valence-electron chi connectivity index (χ1n) is 3.94. The zero-order valence-corrected chi connectivity index (χ0v) is 6.21. The summed E-state index contributed by atoms with van der Waals surface area (Å²) in [6.07, 6.45) is 3.49. The molecular weight excluding hydrogens is 128 g/mol. The summed E-state index contributed by atoms with van der Waals surface area (Å²) in [6, 6.07) is 0.654. The monoisotopic (exact) mass is 144 g/mol. The second-order valence-electron chi connectivity index (χ2n) is 2.93. The van der Waals surface area contributed by atoms with Gasteiger partial charge < -0.3 is 16.2 Å². The molecule has 1 rings (SSSR count). The third kappa shape index (κ3) is 2.25. The Balaban J connectivity index is 1.93. The molecule has 1 fully saturated rings.